The summed E-state index contributed by atoms with van der Waals surface area (Å²) in [5, 5.41) is 3.37. The molecular formula is C17H19NO. The molecule has 0 aromatic heterocycles. The molecule has 1 N–H and O–H groups in total. The van der Waals surface area contributed by atoms with E-state index in [1.54, 1.807) is 0 Å². The van der Waals surface area contributed by atoms with E-state index < -0.39 is 0 Å². The lowest BCUT2D eigenvalue weighted by Gasteiger charge is -2.08. The van der Waals surface area contributed by atoms with Crippen molar-refractivity contribution < 1.29 is 4.74 Å². The van der Waals surface area contributed by atoms with Crippen LogP contribution in [0.4, 0.5) is 0 Å². The third kappa shape index (κ3) is 4.60. The third-order valence-corrected chi connectivity index (χ3v) is 2.73. The molecular weight excluding hydrogens is 234 g/mol. The maximum Gasteiger partial charge on any atom is 0.127 e. The average Bonchev–Trinajstić information content (AvgIpc) is 2.45. The minimum absolute atomic E-state index is 0.847. The van der Waals surface area contributed by atoms with E-state index in [9.17, 15) is 0 Å². The number of hydrogen-bond donors (Lipinski definition) is 1. The molecule has 2 aromatic carbocycles. The van der Waals surface area contributed by atoms with Gasteiger partial charge in [-0.1, -0.05) is 36.4 Å². The molecule has 0 amide bonds. The predicted molar refractivity (Wildman–Crippen MR) is 79.5 cm³/mol. The van der Waals surface area contributed by atoms with Crippen molar-refractivity contribution in [2.75, 3.05) is 6.54 Å². The smallest absolute Gasteiger partial charge is 0.127 e. The predicted octanol–water partition coefficient (Wildman–Crippen LogP) is 4.14. The van der Waals surface area contributed by atoms with Crippen LogP contribution >= 0.6 is 0 Å². The first kappa shape index (κ1) is 13.4. The first-order chi connectivity index (χ1) is 9.38. The van der Waals surface area contributed by atoms with Gasteiger partial charge in [0.05, 0.1) is 0 Å². The van der Waals surface area contributed by atoms with Crippen molar-refractivity contribution in [3.05, 3.63) is 72.8 Å². The average molecular weight is 253 g/mol. The van der Waals surface area contributed by atoms with Gasteiger partial charge in [-0.05, 0) is 42.8 Å². The highest BCUT2D eigenvalue weighted by molar-refractivity contribution is 5.33. The number of benzene rings is 2. The van der Waals surface area contributed by atoms with Gasteiger partial charge in [0, 0.05) is 6.54 Å². The monoisotopic (exact) mass is 253 g/mol. The maximum absolute atomic E-state index is 5.80. The molecule has 0 saturated carbocycles. The Morgan fingerprint density at radius 2 is 1.79 bits per heavy atom. The number of hydrogen-bond acceptors (Lipinski definition) is 2. The van der Waals surface area contributed by atoms with Crippen LogP contribution in [0.25, 0.3) is 0 Å². The van der Waals surface area contributed by atoms with E-state index in [0.717, 1.165) is 31.0 Å². The number of nitrogens with one attached hydrogen (secondary N) is 1. The molecule has 0 spiro atoms. The quantitative estimate of drug-likeness (QED) is 0.591. The van der Waals surface area contributed by atoms with Crippen LogP contribution in [0.5, 0.6) is 11.5 Å². The van der Waals surface area contributed by atoms with E-state index in [1.165, 1.54) is 5.56 Å². The SMILES string of the molecule is C=CCCNCc1cccc(Oc2ccccc2)c1. The third-order valence-electron chi connectivity index (χ3n) is 2.73. The number of para-hydroxylation sites is 1. The Hall–Kier alpha value is -2.06. The summed E-state index contributed by atoms with van der Waals surface area (Å²) in [6.45, 7) is 5.50. The zero-order valence-corrected chi connectivity index (χ0v) is 11.0. The highest BCUT2D eigenvalue weighted by atomic mass is 16.5. The molecule has 0 unspecified atom stereocenters. The van der Waals surface area contributed by atoms with Crippen molar-refractivity contribution >= 4 is 0 Å². The van der Waals surface area contributed by atoms with E-state index in [2.05, 4.69) is 24.0 Å². The van der Waals surface area contributed by atoms with Gasteiger partial charge in [-0.25, -0.2) is 0 Å². The van der Waals surface area contributed by atoms with Gasteiger partial charge >= 0.3 is 0 Å². The Balaban J connectivity index is 1.93. The fourth-order valence-electron chi connectivity index (χ4n) is 1.78. The van der Waals surface area contributed by atoms with Crippen molar-refractivity contribution in [2.45, 2.75) is 13.0 Å². The van der Waals surface area contributed by atoms with Gasteiger partial charge < -0.3 is 10.1 Å². The molecule has 0 aliphatic rings. The molecule has 0 atom stereocenters. The van der Waals surface area contributed by atoms with Gasteiger partial charge in [0.25, 0.3) is 0 Å². The van der Waals surface area contributed by atoms with Gasteiger partial charge in [0.1, 0.15) is 11.5 Å². The molecule has 0 heterocycles. The van der Waals surface area contributed by atoms with E-state index in [4.69, 9.17) is 4.74 Å². The van der Waals surface area contributed by atoms with Gasteiger partial charge in [0.2, 0.25) is 0 Å². The topological polar surface area (TPSA) is 21.3 Å². The van der Waals surface area contributed by atoms with E-state index in [1.807, 2.05) is 48.5 Å². The van der Waals surface area contributed by atoms with Crippen LogP contribution in [0.1, 0.15) is 12.0 Å². The van der Waals surface area contributed by atoms with Crippen LogP contribution < -0.4 is 10.1 Å². The van der Waals surface area contributed by atoms with Gasteiger partial charge in [-0.15, -0.1) is 6.58 Å². The summed E-state index contributed by atoms with van der Waals surface area (Å²) in [6.07, 6.45) is 2.90. The number of rotatable bonds is 7. The zero-order chi connectivity index (χ0) is 13.3. The fourth-order valence-corrected chi connectivity index (χ4v) is 1.78. The summed E-state index contributed by atoms with van der Waals surface area (Å²) in [4.78, 5) is 0. The molecule has 0 bridgehead atoms. The van der Waals surface area contributed by atoms with E-state index in [-0.39, 0.29) is 0 Å². The molecule has 0 saturated heterocycles. The van der Waals surface area contributed by atoms with Crippen LogP contribution in [0, 0.1) is 0 Å². The molecule has 0 aliphatic carbocycles. The van der Waals surface area contributed by atoms with Crippen molar-refractivity contribution in [1.29, 1.82) is 0 Å². The lowest BCUT2D eigenvalue weighted by Crippen LogP contribution is -2.13. The normalized spacial score (nSPS) is 10.1. The van der Waals surface area contributed by atoms with Crippen molar-refractivity contribution in [3.8, 4) is 11.5 Å². The van der Waals surface area contributed by atoms with E-state index >= 15 is 0 Å². The summed E-state index contributed by atoms with van der Waals surface area (Å²) in [7, 11) is 0. The van der Waals surface area contributed by atoms with Crippen LogP contribution in [-0.4, -0.2) is 6.54 Å². The molecule has 98 valence electrons. The zero-order valence-electron chi connectivity index (χ0n) is 11.0. The van der Waals surface area contributed by atoms with Crippen LogP contribution in [0.3, 0.4) is 0 Å². The second kappa shape index (κ2) is 7.39. The summed E-state index contributed by atoms with van der Waals surface area (Å²) in [5.74, 6) is 1.73. The Labute approximate surface area is 114 Å². The van der Waals surface area contributed by atoms with Crippen molar-refractivity contribution in [3.63, 3.8) is 0 Å². The van der Waals surface area contributed by atoms with Crippen molar-refractivity contribution in [2.24, 2.45) is 0 Å². The summed E-state index contributed by atoms with van der Waals surface area (Å²) in [5.41, 5.74) is 1.22. The molecule has 0 radical (unpaired) electrons. The molecule has 0 aliphatic heterocycles. The van der Waals surface area contributed by atoms with Crippen LogP contribution in [0.2, 0.25) is 0 Å². The minimum Gasteiger partial charge on any atom is -0.457 e. The summed E-state index contributed by atoms with van der Waals surface area (Å²) in [6, 6.07) is 18.0. The second-order valence-electron chi connectivity index (χ2n) is 4.32. The van der Waals surface area contributed by atoms with Crippen LogP contribution in [0.15, 0.2) is 67.3 Å². The van der Waals surface area contributed by atoms with Gasteiger partial charge in [-0.3, -0.25) is 0 Å². The van der Waals surface area contributed by atoms with E-state index in [0.29, 0.717) is 0 Å². The highest BCUT2D eigenvalue weighted by Gasteiger charge is 1.98. The largest absolute Gasteiger partial charge is 0.457 e. The maximum atomic E-state index is 5.80. The summed E-state index contributed by atoms with van der Waals surface area (Å²) >= 11 is 0. The first-order valence-corrected chi connectivity index (χ1v) is 6.52. The molecule has 2 aromatic rings. The molecule has 2 nitrogen and oxygen atoms in total. The Morgan fingerprint density at radius 3 is 2.58 bits per heavy atom. The van der Waals surface area contributed by atoms with Crippen molar-refractivity contribution in [1.82, 2.24) is 5.32 Å². The lowest BCUT2D eigenvalue weighted by molar-refractivity contribution is 0.481. The lowest BCUT2D eigenvalue weighted by atomic mass is 10.2. The number of ether oxygens (including phenoxy) is 1. The Kier molecular flexibility index (Phi) is 5.20. The Bertz CT molecular complexity index is 508. The Morgan fingerprint density at radius 1 is 1.00 bits per heavy atom. The summed E-state index contributed by atoms with van der Waals surface area (Å²) < 4.78 is 5.80. The van der Waals surface area contributed by atoms with Gasteiger partial charge in [-0.2, -0.15) is 0 Å². The van der Waals surface area contributed by atoms with Crippen LogP contribution in [-0.2, 0) is 6.54 Å². The molecule has 0 fully saturated rings. The minimum atomic E-state index is 0.847. The highest BCUT2D eigenvalue weighted by Crippen LogP contribution is 2.21. The second-order valence-corrected chi connectivity index (χ2v) is 4.32. The standard InChI is InChI=1S/C17H19NO/c1-2-3-12-18-14-15-8-7-11-17(13-15)19-16-9-5-4-6-10-16/h2,4-11,13,18H,1,3,12,14H2. The first-order valence-electron chi connectivity index (χ1n) is 6.52. The van der Waals surface area contributed by atoms with Gasteiger partial charge in [0.15, 0.2) is 0 Å². The molecule has 2 heteroatoms. The molecule has 2 rings (SSSR count). The fraction of sp³-hybridized carbons (Fsp3) is 0.176. The molecule has 19 heavy (non-hydrogen) atoms.